The van der Waals surface area contributed by atoms with Crippen LogP contribution in [-0.2, 0) is 4.79 Å². The molecule has 3 N–H and O–H groups in total. The van der Waals surface area contributed by atoms with Crippen LogP contribution in [0.15, 0.2) is 24.3 Å². The molecule has 0 aliphatic heterocycles. The lowest BCUT2D eigenvalue weighted by molar-refractivity contribution is -0.118. The molecule has 2 aromatic rings. The summed E-state index contributed by atoms with van der Waals surface area (Å²) in [6, 6.07) is 7.38. The van der Waals surface area contributed by atoms with E-state index in [0.717, 1.165) is 24.2 Å². The Morgan fingerprint density at radius 2 is 2.13 bits per heavy atom. The second-order valence-corrected chi connectivity index (χ2v) is 6.02. The van der Waals surface area contributed by atoms with Gasteiger partial charge in [0.25, 0.3) is 0 Å². The van der Waals surface area contributed by atoms with E-state index in [4.69, 9.17) is 5.73 Å². The highest BCUT2D eigenvalue weighted by Gasteiger charge is 2.28. The number of nitrogens with one attached hydrogen (secondary N) is 1. The quantitative estimate of drug-likeness (QED) is 0.870. The van der Waals surface area contributed by atoms with Crippen LogP contribution in [0.4, 0.5) is 5.69 Å². The third kappa shape index (κ3) is 3.86. The zero-order valence-corrected chi connectivity index (χ0v) is 14.0. The maximum atomic E-state index is 12.1. The summed E-state index contributed by atoms with van der Waals surface area (Å²) in [6.45, 7) is 3.84. The van der Waals surface area contributed by atoms with E-state index >= 15 is 0 Å². The monoisotopic (exact) mass is 336 g/mol. The number of rotatable bonds is 5. The molecule has 1 amide bonds. The van der Waals surface area contributed by atoms with E-state index in [1.807, 2.05) is 42.8 Å². The SMILES string of the molecule is CC(C)C(N)C(=O)Nc1cccc(-c2nnnn2C2CC2)c1.Cl. The number of aromatic nitrogens is 4. The van der Waals surface area contributed by atoms with E-state index in [1.54, 1.807) is 0 Å². The van der Waals surface area contributed by atoms with Gasteiger partial charge in [-0.3, -0.25) is 4.79 Å². The lowest BCUT2D eigenvalue weighted by atomic mass is 10.0. The molecular formula is C15H21ClN6O. The Bertz CT molecular complexity index is 682. The molecule has 23 heavy (non-hydrogen) atoms. The molecular weight excluding hydrogens is 316 g/mol. The van der Waals surface area contributed by atoms with Crippen LogP contribution < -0.4 is 11.1 Å². The van der Waals surface area contributed by atoms with Gasteiger partial charge in [-0.15, -0.1) is 17.5 Å². The van der Waals surface area contributed by atoms with Gasteiger partial charge in [-0.1, -0.05) is 26.0 Å². The molecule has 1 aliphatic carbocycles. The summed E-state index contributed by atoms with van der Waals surface area (Å²) in [5.41, 5.74) is 7.44. The molecule has 0 saturated heterocycles. The molecule has 1 fully saturated rings. The molecule has 3 rings (SSSR count). The lowest BCUT2D eigenvalue weighted by Crippen LogP contribution is -2.39. The molecule has 0 bridgehead atoms. The Labute approximate surface area is 141 Å². The second-order valence-electron chi connectivity index (χ2n) is 6.02. The predicted molar refractivity (Wildman–Crippen MR) is 90.2 cm³/mol. The van der Waals surface area contributed by atoms with Gasteiger partial charge < -0.3 is 11.1 Å². The van der Waals surface area contributed by atoms with Crippen LogP contribution >= 0.6 is 12.4 Å². The highest BCUT2D eigenvalue weighted by Crippen LogP contribution is 2.36. The molecule has 8 heteroatoms. The van der Waals surface area contributed by atoms with Gasteiger partial charge in [0.2, 0.25) is 5.91 Å². The maximum absolute atomic E-state index is 12.1. The number of carbonyl (C=O) groups excluding carboxylic acids is 1. The Kier molecular flexibility index (Phi) is 5.33. The highest BCUT2D eigenvalue weighted by atomic mass is 35.5. The van der Waals surface area contributed by atoms with E-state index in [1.165, 1.54) is 0 Å². The molecule has 1 saturated carbocycles. The summed E-state index contributed by atoms with van der Waals surface area (Å²) in [6.07, 6.45) is 2.22. The molecule has 0 radical (unpaired) electrons. The minimum atomic E-state index is -0.527. The molecule has 1 atom stereocenters. The van der Waals surface area contributed by atoms with Gasteiger partial charge in [0.05, 0.1) is 12.1 Å². The molecule has 1 unspecified atom stereocenters. The lowest BCUT2D eigenvalue weighted by Gasteiger charge is -2.15. The summed E-state index contributed by atoms with van der Waals surface area (Å²) in [7, 11) is 0. The van der Waals surface area contributed by atoms with E-state index < -0.39 is 6.04 Å². The number of carbonyl (C=O) groups is 1. The fraction of sp³-hybridized carbons (Fsp3) is 0.467. The van der Waals surface area contributed by atoms with E-state index in [9.17, 15) is 4.79 Å². The number of nitrogens with two attached hydrogens (primary N) is 1. The van der Waals surface area contributed by atoms with Gasteiger partial charge >= 0.3 is 0 Å². The molecule has 0 spiro atoms. The molecule has 1 aromatic carbocycles. The Balaban J connectivity index is 0.00000192. The number of amides is 1. The summed E-state index contributed by atoms with van der Waals surface area (Å²) in [4.78, 5) is 12.1. The maximum Gasteiger partial charge on any atom is 0.241 e. The molecule has 7 nitrogen and oxygen atoms in total. The van der Waals surface area contributed by atoms with E-state index in [2.05, 4.69) is 20.8 Å². The number of tetrazole rings is 1. The molecule has 1 aromatic heterocycles. The number of benzene rings is 1. The highest BCUT2D eigenvalue weighted by molar-refractivity contribution is 5.95. The van der Waals surface area contributed by atoms with Crippen LogP contribution in [0.25, 0.3) is 11.4 Å². The van der Waals surface area contributed by atoms with Crippen molar-refractivity contribution >= 4 is 24.0 Å². The summed E-state index contributed by atoms with van der Waals surface area (Å²) in [5, 5.41) is 14.7. The standard InChI is InChI=1S/C15H20N6O.ClH/c1-9(2)13(16)15(22)17-11-5-3-4-10(8-11)14-18-19-20-21(14)12-6-7-12;/h3-5,8-9,12-13H,6-7,16H2,1-2H3,(H,17,22);1H. The van der Waals surface area contributed by atoms with Crippen molar-refractivity contribution in [1.82, 2.24) is 20.2 Å². The average Bonchev–Trinajstić information content (AvgIpc) is 3.23. The van der Waals surface area contributed by atoms with Crippen molar-refractivity contribution in [2.24, 2.45) is 11.7 Å². The Morgan fingerprint density at radius 3 is 2.78 bits per heavy atom. The minimum Gasteiger partial charge on any atom is -0.325 e. The van der Waals surface area contributed by atoms with Crippen LogP contribution in [0.3, 0.4) is 0 Å². The van der Waals surface area contributed by atoms with Crippen molar-refractivity contribution in [3.05, 3.63) is 24.3 Å². The zero-order chi connectivity index (χ0) is 15.7. The number of halogens is 1. The summed E-state index contributed by atoms with van der Waals surface area (Å²) >= 11 is 0. The third-order valence-corrected chi connectivity index (χ3v) is 3.79. The number of hydrogen-bond acceptors (Lipinski definition) is 5. The van der Waals surface area contributed by atoms with Gasteiger partial charge in [0, 0.05) is 11.3 Å². The van der Waals surface area contributed by atoms with Gasteiger partial charge in [-0.25, -0.2) is 4.68 Å². The number of nitrogens with zero attached hydrogens (tertiary/aromatic N) is 4. The Morgan fingerprint density at radius 1 is 1.39 bits per heavy atom. The first kappa shape index (κ1) is 17.4. The van der Waals surface area contributed by atoms with Gasteiger partial charge in [-0.05, 0) is 41.3 Å². The first-order chi connectivity index (χ1) is 10.6. The first-order valence-electron chi connectivity index (χ1n) is 7.51. The second kappa shape index (κ2) is 7.06. The van der Waals surface area contributed by atoms with Crippen LogP contribution in [0.2, 0.25) is 0 Å². The predicted octanol–water partition coefficient (Wildman–Crippen LogP) is 2.02. The fourth-order valence-electron chi connectivity index (χ4n) is 2.21. The molecule has 1 aliphatic rings. The van der Waals surface area contributed by atoms with Crippen molar-refractivity contribution in [3.8, 4) is 11.4 Å². The first-order valence-corrected chi connectivity index (χ1v) is 7.51. The van der Waals surface area contributed by atoms with Gasteiger partial charge in [0.15, 0.2) is 5.82 Å². The van der Waals surface area contributed by atoms with Crippen molar-refractivity contribution in [2.45, 2.75) is 38.8 Å². The largest absolute Gasteiger partial charge is 0.325 e. The minimum absolute atomic E-state index is 0. The Hall–Kier alpha value is -1.99. The van der Waals surface area contributed by atoms with Crippen LogP contribution in [-0.4, -0.2) is 32.2 Å². The third-order valence-electron chi connectivity index (χ3n) is 3.79. The fourth-order valence-corrected chi connectivity index (χ4v) is 2.21. The van der Waals surface area contributed by atoms with E-state index in [0.29, 0.717) is 11.7 Å². The van der Waals surface area contributed by atoms with E-state index in [-0.39, 0.29) is 24.2 Å². The number of hydrogen-bond donors (Lipinski definition) is 2. The van der Waals surface area contributed by atoms with Gasteiger partial charge in [-0.2, -0.15) is 0 Å². The topological polar surface area (TPSA) is 98.7 Å². The van der Waals surface area contributed by atoms with Crippen LogP contribution in [0, 0.1) is 5.92 Å². The van der Waals surface area contributed by atoms with Crippen molar-refractivity contribution in [1.29, 1.82) is 0 Å². The number of anilines is 1. The van der Waals surface area contributed by atoms with Gasteiger partial charge in [0.1, 0.15) is 0 Å². The smallest absolute Gasteiger partial charge is 0.241 e. The van der Waals surface area contributed by atoms with Crippen molar-refractivity contribution in [3.63, 3.8) is 0 Å². The molecule has 124 valence electrons. The van der Waals surface area contributed by atoms with Crippen molar-refractivity contribution in [2.75, 3.05) is 5.32 Å². The average molecular weight is 337 g/mol. The van der Waals surface area contributed by atoms with Crippen LogP contribution in [0.1, 0.15) is 32.7 Å². The summed E-state index contributed by atoms with van der Waals surface area (Å²) < 4.78 is 1.85. The van der Waals surface area contributed by atoms with Crippen molar-refractivity contribution < 1.29 is 4.79 Å². The van der Waals surface area contributed by atoms with Crippen LogP contribution in [0.5, 0.6) is 0 Å². The zero-order valence-electron chi connectivity index (χ0n) is 13.1. The summed E-state index contributed by atoms with van der Waals surface area (Å²) in [5.74, 6) is 0.631. The normalized spacial score (nSPS) is 15.1. The molecule has 1 heterocycles.